The van der Waals surface area contributed by atoms with Crippen molar-refractivity contribution in [3.63, 3.8) is 0 Å². The molecule has 7 heteroatoms. The Labute approximate surface area is 162 Å². The van der Waals surface area contributed by atoms with Gasteiger partial charge in [-0.25, -0.2) is 0 Å². The second kappa shape index (κ2) is 6.73. The highest BCUT2D eigenvalue weighted by molar-refractivity contribution is 5.96. The molecule has 0 spiro atoms. The number of carbonyl (C=O) groups is 1. The van der Waals surface area contributed by atoms with Gasteiger partial charge in [-0.15, -0.1) is 0 Å². The van der Waals surface area contributed by atoms with Crippen LogP contribution < -0.4 is 5.32 Å². The minimum absolute atomic E-state index is 0.0622. The molecule has 1 aromatic carbocycles. The average Bonchev–Trinajstić information content (AvgIpc) is 3.60. The standard InChI is InChI=1S/C21H25F3N2O2/c22-21(23,24)15-3-4-16(17(8-15)12-1-2-12)20(27)25-18-11-28-6-5-19(18)26-9-13-7-14(13)10-26/h3-4,8,12-14,18-19H,1-2,5-7,9-11H2,(H,25,27)/t13-,14+,18-,19?/m1/s1. The molecule has 0 radical (unpaired) electrons. The molecule has 2 aliphatic carbocycles. The van der Waals surface area contributed by atoms with Crippen molar-refractivity contribution in [2.45, 2.75) is 49.9 Å². The number of alkyl halides is 3. The fraction of sp³-hybridized carbons (Fsp3) is 0.667. The first-order chi connectivity index (χ1) is 13.4. The Morgan fingerprint density at radius 1 is 1.14 bits per heavy atom. The summed E-state index contributed by atoms with van der Waals surface area (Å²) in [5.74, 6) is 1.42. The van der Waals surface area contributed by atoms with Crippen molar-refractivity contribution in [2.75, 3.05) is 26.3 Å². The van der Waals surface area contributed by atoms with E-state index >= 15 is 0 Å². The van der Waals surface area contributed by atoms with Crippen LogP contribution in [0.2, 0.25) is 0 Å². The summed E-state index contributed by atoms with van der Waals surface area (Å²) in [6.07, 6.45) is -0.502. The third-order valence-electron chi connectivity index (χ3n) is 6.75. The van der Waals surface area contributed by atoms with Crippen LogP contribution in [0.15, 0.2) is 18.2 Å². The lowest BCUT2D eigenvalue weighted by Crippen LogP contribution is -2.56. The fourth-order valence-electron chi connectivity index (χ4n) is 4.93. The zero-order chi connectivity index (χ0) is 19.5. The van der Waals surface area contributed by atoms with Crippen LogP contribution in [-0.4, -0.2) is 49.2 Å². The number of carbonyl (C=O) groups excluding carboxylic acids is 1. The Bertz CT molecular complexity index is 767. The number of piperidine rings is 1. The van der Waals surface area contributed by atoms with Crippen molar-refractivity contribution in [3.8, 4) is 0 Å². The van der Waals surface area contributed by atoms with Crippen LogP contribution in [0.5, 0.6) is 0 Å². The molecule has 4 atom stereocenters. The first-order valence-corrected chi connectivity index (χ1v) is 10.2. The maximum Gasteiger partial charge on any atom is 0.416 e. The molecule has 1 N–H and O–H groups in total. The van der Waals surface area contributed by atoms with Crippen LogP contribution in [0.3, 0.4) is 0 Å². The van der Waals surface area contributed by atoms with Crippen LogP contribution >= 0.6 is 0 Å². The largest absolute Gasteiger partial charge is 0.416 e. The molecule has 28 heavy (non-hydrogen) atoms. The summed E-state index contributed by atoms with van der Waals surface area (Å²) in [4.78, 5) is 15.5. The van der Waals surface area contributed by atoms with Crippen molar-refractivity contribution >= 4 is 5.91 Å². The van der Waals surface area contributed by atoms with Crippen molar-refractivity contribution in [3.05, 3.63) is 34.9 Å². The number of benzene rings is 1. The summed E-state index contributed by atoms with van der Waals surface area (Å²) in [5.41, 5.74) is 0.230. The summed E-state index contributed by atoms with van der Waals surface area (Å²) >= 11 is 0. The van der Waals surface area contributed by atoms with Crippen LogP contribution in [-0.2, 0) is 10.9 Å². The Kier molecular flexibility index (Phi) is 4.43. The maximum absolute atomic E-state index is 13.1. The Balaban J connectivity index is 1.34. The highest BCUT2D eigenvalue weighted by Gasteiger charge is 2.48. The number of likely N-dealkylation sites (tertiary alicyclic amines) is 1. The van der Waals surface area contributed by atoms with E-state index < -0.39 is 11.7 Å². The van der Waals surface area contributed by atoms with Gasteiger partial charge < -0.3 is 10.1 Å². The van der Waals surface area contributed by atoms with Gasteiger partial charge in [-0.3, -0.25) is 9.69 Å². The van der Waals surface area contributed by atoms with Gasteiger partial charge in [0.25, 0.3) is 5.91 Å². The number of rotatable bonds is 4. The second-order valence-electron chi connectivity index (χ2n) is 8.79. The molecule has 5 rings (SSSR count). The SMILES string of the molecule is O=C(N[C@@H]1COCCC1N1C[C@H]2C[C@H]2C1)c1ccc(C(F)(F)F)cc1C1CC1. The van der Waals surface area contributed by atoms with Crippen LogP contribution in [0.25, 0.3) is 0 Å². The summed E-state index contributed by atoms with van der Waals surface area (Å²) < 4.78 is 44.9. The minimum Gasteiger partial charge on any atom is -0.379 e. The molecule has 1 amide bonds. The van der Waals surface area contributed by atoms with Gasteiger partial charge >= 0.3 is 6.18 Å². The topological polar surface area (TPSA) is 41.6 Å². The summed E-state index contributed by atoms with van der Waals surface area (Å²) in [6, 6.07) is 3.66. The van der Waals surface area contributed by atoms with E-state index in [4.69, 9.17) is 4.74 Å². The highest BCUT2D eigenvalue weighted by atomic mass is 19.4. The monoisotopic (exact) mass is 394 g/mol. The summed E-state index contributed by atoms with van der Waals surface area (Å²) in [6.45, 7) is 3.34. The molecule has 4 nitrogen and oxygen atoms in total. The van der Waals surface area contributed by atoms with E-state index in [1.165, 1.54) is 12.5 Å². The van der Waals surface area contributed by atoms with Gasteiger partial charge in [0, 0.05) is 31.3 Å². The molecule has 1 aromatic rings. The second-order valence-corrected chi connectivity index (χ2v) is 8.79. The van der Waals surface area contributed by atoms with Gasteiger partial charge in [0.15, 0.2) is 0 Å². The molecular formula is C21H25F3N2O2. The van der Waals surface area contributed by atoms with Crippen LogP contribution in [0.1, 0.15) is 53.1 Å². The van der Waals surface area contributed by atoms with E-state index in [2.05, 4.69) is 10.2 Å². The van der Waals surface area contributed by atoms with E-state index in [-0.39, 0.29) is 23.9 Å². The molecule has 0 bridgehead atoms. The van der Waals surface area contributed by atoms with Crippen molar-refractivity contribution < 1.29 is 22.7 Å². The third-order valence-corrected chi connectivity index (χ3v) is 6.75. The van der Waals surface area contributed by atoms with E-state index in [0.717, 1.165) is 56.3 Å². The van der Waals surface area contributed by atoms with E-state index in [0.29, 0.717) is 24.3 Å². The van der Waals surface area contributed by atoms with E-state index in [1.54, 1.807) is 0 Å². The van der Waals surface area contributed by atoms with Crippen LogP contribution in [0.4, 0.5) is 13.2 Å². The first-order valence-electron chi connectivity index (χ1n) is 10.2. The van der Waals surface area contributed by atoms with E-state index in [1.807, 2.05) is 0 Å². The molecule has 0 aromatic heterocycles. The first kappa shape index (κ1) is 18.4. The average molecular weight is 394 g/mol. The maximum atomic E-state index is 13.1. The number of nitrogens with one attached hydrogen (secondary N) is 1. The van der Waals surface area contributed by atoms with Gasteiger partial charge in [0.05, 0.1) is 18.2 Å². The normalized spacial score (nSPS) is 32.8. The lowest BCUT2D eigenvalue weighted by atomic mass is 9.97. The number of halogens is 3. The zero-order valence-corrected chi connectivity index (χ0v) is 15.7. The molecule has 2 heterocycles. The van der Waals surface area contributed by atoms with Crippen LogP contribution in [0, 0.1) is 11.8 Å². The fourth-order valence-corrected chi connectivity index (χ4v) is 4.93. The van der Waals surface area contributed by atoms with Gasteiger partial charge in [0.2, 0.25) is 0 Å². The quantitative estimate of drug-likeness (QED) is 0.851. The number of amides is 1. The Morgan fingerprint density at radius 2 is 1.89 bits per heavy atom. The number of ether oxygens (including phenoxy) is 1. The van der Waals surface area contributed by atoms with Gasteiger partial charge in [0.1, 0.15) is 0 Å². The molecule has 2 saturated carbocycles. The number of hydrogen-bond donors (Lipinski definition) is 1. The number of nitrogens with zero attached hydrogens (tertiary/aromatic N) is 1. The van der Waals surface area contributed by atoms with Gasteiger partial charge in [-0.05, 0) is 67.2 Å². The molecule has 152 valence electrons. The molecule has 2 aliphatic heterocycles. The number of hydrogen-bond acceptors (Lipinski definition) is 3. The lowest BCUT2D eigenvalue weighted by Gasteiger charge is -2.39. The van der Waals surface area contributed by atoms with Gasteiger partial charge in [-0.1, -0.05) is 0 Å². The van der Waals surface area contributed by atoms with E-state index in [9.17, 15) is 18.0 Å². The summed E-state index contributed by atoms with van der Waals surface area (Å²) in [5, 5.41) is 3.09. The highest BCUT2D eigenvalue weighted by Crippen LogP contribution is 2.46. The van der Waals surface area contributed by atoms with Crippen molar-refractivity contribution in [1.82, 2.24) is 10.2 Å². The number of fused-ring (bicyclic) bond motifs is 1. The predicted octanol–water partition coefficient (Wildman–Crippen LogP) is 3.42. The Morgan fingerprint density at radius 3 is 2.57 bits per heavy atom. The summed E-state index contributed by atoms with van der Waals surface area (Å²) in [7, 11) is 0. The molecule has 4 aliphatic rings. The van der Waals surface area contributed by atoms with Crippen molar-refractivity contribution in [1.29, 1.82) is 0 Å². The third kappa shape index (κ3) is 3.54. The van der Waals surface area contributed by atoms with Crippen molar-refractivity contribution in [2.24, 2.45) is 11.8 Å². The lowest BCUT2D eigenvalue weighted by molar-refractivity contribution is -0.137. The molecule has 2 saturated heterocycles. The smallest absolute Gasteiger partial charge is 0.379 e. The minimum atomic E-state index is -4.39. The predicted molar refractivity (Wildman–Crippen MR) is 97.1 cm³/mol. The Hall–Kier alpha value is -1.60. The van der Waals surface area contributed by atoms with Gasteiger partial charge in [-0.2, -0.15) is 13.2 Å². The zero-order valence-electron chi connectivity index (χ0n) is 15.7. The molecular weight excluding hydrogens is 369 g/mol. The molecule has 4 fully saturated rings. The molecule has 1 unspecified atom stereocenters.